The molecule has 28 heavy (non-hydrogen) atoms. The molecular weight excluding hydrogens is 346 g/mol. The van der Waals surface area contributed by atoms with Crippen LogP contribution in [0.2, 0.25) is 0 Å². The maximum Gasteiger partial charge on any atom is 0.254 e. The maximum absolute atomic E-state index is 12.5. The molecule has 2 amide bonds. The monoisotopic (exact) mass is 381 g/mol. The summed E-state index contributed by atoms with van der Waals surface area (Å²) in [6.07, 6.45) is 13.3. The first-order valence-corrected chi connectivity index (χ1v) is 11.3. The normalized spacial score (nSPS) is 23.7. The number of rotatable bonds is 10. The Hall–Kier alpha value is -1.90. The Morgan fingerprint density at radius 1 is 0.821 bits per heavy atom. The van der Waals surface area contributed by atoms with Crippen molar-refractivity contribution in [2.45, 2.75) is 90.5 Å². The summed E-state index contributed by atoms with van der Waals surface area (Å²) >= 11 is 0. The van der Waals surface area contributed by atoms with Gasteiger partial charge in [-0.1, -0.05) is 71.1 Å². The Balaban J connectivity index is 2.01. The van der Waals surface area contributed by atoms with Crippen molar-refractivity contribution in [2.75, 3.05) is 0 Å². The summed E-state index contributed by atoms with van der Waals surface area (Å²) in [6, 6.07) is 6.73. The molecular formula is C25H35NO2. The second-order valence-electron chi connectivity index (χ2n) is 8.45. The first-order chi connectivity index (χ1) is 13.6. The molecule has 3 atom stereocenters. The molecule has 0 fully saturated rings. The molecule has 152 valence electrons. The van der Waals surface area contributed by atoms with E-state index >= 15 is 0 Å². The Morgan fingerprint density at radius 3 is 2.11 bits per heavy atom. The number of amides is 2. The molecule has 1 aliphatic carbocycles. The summed E-state index contributed by atoms with van der Waals surface area (Å²) in [4.78, 5) is 26.6. The first-order valence-electron chi connectivity index (χ1n) is 11.3. The van der Waals surface area contributed by atoms with Crippen molar-refractivity contribution in [1.29, 1.82) is 0 Å². The standard InChI is InChI=1S/C25H35NO2/c1-4-7-10-18-13-14-21-22(17-18)19(11-8-5-2)20(12-9-6-3)25(21)26-23(27)15-16-24(26)28/h13-17,19-20,25H,4-12H2,1-3H3/t19-,20-,25-/m0/s1. The minimum Gasteiger partial charge on any atom is -0.269 e. The number of imide groups is 1. The zero-order chi connectivity index (χ0) is 20.1. The van der Waals surface area contributed by atoms with E-state index in [1.54, 1.807) is 0 Å². The summed E-state index contributed by atoms with van der Waals surface area (Å²) in [7, 11) is 0. The van der Waals surface area contributed by atoms with Crippen molar-refractivity contribution in [3.8, 4) is 0 Å². The molecule has 3 heteroatoms. The predicted octanol–water partition coefficient (Wildman–Crippen LogP) is 6.09. The third-order valence-electron chi connectivity index (χ3n) is 6.49. The van der Waals surface area contributed by atoms with Gasteiger partial charge < -0.3 is 0 Å². The molecule has 0 bridgehead atoms. The molecule has 3 nitrogen and oxygen atoms in total. The lowest BCUT2D eigenvalue weighted by molar-refractivity contribution is -0.141. The number of carbonyl (C=O) groups excluding carboxylic acids is 2. The molecule has 3 rings (SSSR count). The zero-order valence-electron chi connectivity index (χ0n) is 17.7. The molecule has 1 heterocycles. The Labute approximate surface area is 170 Å². The van der Waals surface area contributed by atoms with Gasteiger partial charge in [0.2, 0.25) is 0 Å². The van der Waals surface area contributed by atoms with E-state index in [2.05, 4.69) is 39.0 Å². The summed E-state index contributed by atoms with van der Waals surface area (Å²) in [6.45, 7) is 6.68. The van der Waals surface area contributed by atoms with Crippen LogP contribution in [0, 0.1) is 5.92 Å². The van der Waals surface area contributed by atoms with E-state index in [0.29, 0.717) is 11.8 Å². The first kappa shape index (κ1) is 20.8. The Bertz CT molecular complexity index is 718. The lowest BCUT2D eigenvalue weighted by atomic mass is 9.82. The van der Waals surface area contributed by atoms with E-state index in [9.17, 15) is 9.59 Å². The highest BCUT2D eigenvalue weighted by Gasteiger charge is 2.46. The van der Waals surface area contributed by atoms with Gasteiger partial charge in [-0.25, -0.2) is 0 Å². The van der Waals surface area contributed by atoms with Gasteiger partial charge >= 0.3 is 0 Å². The third kappa shape index (κ3) is 4.09. The molecule has 0 unspecified atom stereocenters. The van der Waals surface area contributed by atoms with Gasteiger partial charge in [0.05, 0.1) is 6.04 Å². The number of unbranched alkanes of at least 4 members (excludes halogenated alkanes) is 3. The Morgan fingerprint density at radius 2 is 1.46 bits per heavy atom. The van der Waals surface area contributed by atoms with Gasteiger partial charge in [-0.15, -0.1) is 0 Å². The van der Waals surface area contributed by atoms with Crippen LogP contribution in [0.25, 0.3) is 0 Å². The van der Waals surface area contributed by atoms with E-state index < -0.39 is 0 Å². The molecule has 1 aliphatic heterocycles. The van der Waals surface area contributed by atoms with Crippen molar-refractivity contribution < 1.29 is 9.59 Å². The number of hydrogen-bond acceptors (Lipinski definition) is 2. The van der Waals surface area contributed by atoms with Crippen LogP contribution >= 0.6 is 0 Å². The summed E-state index contributed by atoms with van der Waals surface area (Å²) < 4.78 is 0. The third-order valence-corrected chi connectivity index (χ3v) is 6.49. The lowest BCUT2D eigenvalue weighted by Gasteiger charge is -2.31. The largest absolute Gasteiger partial charge is 0.269 e. The number of fused-ring (bicyclic) bond motifs is 1. The van der Waals surface area contributed by atoms with Crippen LogP contribution in [0.4, 0.5) is 0 Å². The fourth-order valence-electron chi connectivity index (χ4n) is 5.04. The zero-order valence-corrected chi connectivity index (χ0v) is 17.7. The fourth-order valence-corrected chi connectivity index (χ4v) is 5.04. The minimum atomic E-state index is -0.145. The van der Waals surface area contributed by atoms with Gasteiger partial charge in [-0.2, -0.15) is 0 Å². The van der Waals surface area contributed by atoms with Crippen LogP contribution < -0.4 is 0 Å². The molecule has 0 N–H and O–H groups in total. The second kappa shape index (κ2) is 9.54. The average Bonchev–Trinajstić information content (AvgIpc) is 3.18. The second-order valence-corrected chi connectivity index (χ2v) is 8.45. The number of nitrogens with zero attached hydrogens (tertiary/aromatic N) is 1. The van der Waals surface area contributed by atoms with E-state index in [0.717, 1.165) is 32.1 Å². The molecule has 0 spiro atoms. The van der Waals surface area contributed by atoms with Gasteiger partial charge in [0, 0.05) is 12.2 Å². The number of hydrogen-bond donors (Lipinski definition) is 0. The summed E-state index contributed by atoms with van der Waals surface area (Å²) in [5.74, 6) is 0.507. The van der Waals surface area contributed by atoms with E-state index in [-0.39, 0.29) is 17.9 Å². The van der Waals surface area contributed by atoms with Crippen molar-refractivity contribution >= 4 is 11.8 Å². The Kier molecular flexibility index (Phi) is 7.09. The quantitative estimate of drug-likeness (QED) is 0.460. The van der Waals surface area contributed by atoms with Crippen LogP contribution in [-0.2, 0) is 16.0 Å². The fraction of sp³-hybridized carbons (Fsp3) is 0.600. The molecule has 2 aliphatic rings. The van der Waals surface area contributed by atoms with Crippen molar-refractivity contribution in [1.82, 2.24) is 4.90 Å². The van der Waals surface area contributed by atoms with Gasteiger partial charge in [0.15, 0.2) is 0 Å². The lowest BCUT2D eigenvalue weighted by Crippen LogP contribution is -2.37. The van der Waals surface area contributed by atoms with Crippen LogP contribution in [0.3, 0.4) is 0 Å². The molecule has 0 radical (unpaired) electrons. The van der Waals surface area contributed by atoms with Crippen molar-refractivity contribution in [3.63, 3.8) is 0 Å². The number of carbonyl (C=O) groups is 2. The SMILES string of the molecule is CCCCc1ccc2c(c1)[C@@H](CCCC)[C@H](CCCC)[C@@H]2N1C(=O)C=CC1=O. The van der Waals surface area contributed by atoms with E-state index in [1.807, 2.05) is 0 Å². The number of benzene rings is 1. The summed E-state index contributed by atoms with van der Waals surface area (Å²) in [5, 5.41) is 0. The van der Waals surface area contributed by atoms with Crippen molar-refractivity contribution in [2.24, 2.45) is 5.92 Å². The maximum atomic E-state index is 12.5. The highest BCUT2D eigenvalue weighted by atomic mass is 16.2. The van der Waals surface area contributed by atoms with E-state index in [1.165, 1.54) is 59.4 Å². The van der Waals surface area contributed by atoms with Crippen LogP contribution in [0.5, 0.6) is 0 Å². The van der Waals surface area contributed by atoms with Gasteiger partial charge in [-0.05, 0) is 54.2 Å². The molecule has 1 aromatic rings. The van der Waals surface area contributed by atoms with Gasteiger partial charge in [0.1, 0.15) is 0 Å². The van der Waals surface area contributed by atoms with Gasteiger partial charge in [-0.3, -0.25) is 14.5 Å². The van der Waals surface area contributed by atoms with E-state index in [4.69, 9.17) is 0 Å². The van der Waals surface area contributed by atoms with Crippen LogP contribution in [0.1, 0.15) is 101 Å². The molecule has 1 aromatic carbocycles. The number of aryl methyl sites for hydroxylation is 1. The predicted molar refractivity (Wildman–Crippen MR) is 114 cm³/mol. The average molecular weight is 382 g/mol. The van der Waals surface area contributed by atoms with Crippen LogP contribution in [0.15, 0.2) is 30.4 Å². The highest BCUT2D eigenvalue weighted by Crippen LogP contribution is 2.53. The smallest absolute Gasteiger partial charge is 0.254 e. The van der Waals surface area contributed by atoms with Gasteiger partial charge in [0.25, 0.3) is 11.8 Å². The van der Waals surface area contributed by atoms with Crippen molar-refractivity contribution in [3.05, 3.63) is 47.0 Å². The molecule has 0 saturated heterocycles. The van der Waals surface area contributed by atoms with Crippen LogP contribution in [-0.4, -0.2) is 16.7 Å². The summed E-state index contributed by atoms with van der Waals surface area (Å²) in [5.41, 5.74) is 4.02. The topological polar surface area (TPSA) is 37.4 Å². The minimum absolute atomic E-state index is 0.0985. The highest BCUT2D eigenvalue weighted by molar-refractivity contribution is 6.13. The molecule has 0 aromatic heterocycles. The molecule has 0 saturated carbocycles.